The minimum absolute atomic E-state index is 0.0895. The molecule has 7 nitrogen and oxygen atoms in total. The number of phenolic OH excluding ortho intramolecular Hbond substituents is 1. The first-order valence-corrected chi connectivity index (χ1v) is 11.7. The van der Waals surface area contributed by atoms with Gasteiger partial charge in [0, 0.05) is 30.3 Å². The summed E-state index contributed by atoms with van der Waals surface area (Å²) in [6.45, 7) is 0. The predicted octanol–water partition coefficient (Wildman–Crippen LogP) is 0.699. The molecule has 1 aliphatic carbocycles. The highest BCUT2D eigenvalue weighted by Crippen LogP contribution is 2.32. The molecule has 0 bridgehead atoms. The molecule has 33 heavy (non-hydrogen) atoms. The Morgan fingerprint density at radius 2 is 1.73 bits per heavy atom. The van der Waals surface area contributed by atoms with Crippen LogP contribution < -0.4 is 10.5 Å². The van der Waals surface area contributed by atoms with Crippen LogP contribution in [0.25, 0.3) is 22.4 Å². The van der Waals surface area contributed by atoms with E-state index in [-0.39, 0.29) is 11.3 Å². The van der Waals surface area contributed by atoms with Crippen molar-refractivity contribution in [1.82, 2.24) is 20.0 Å². The Balaban J connectivity index is 1.55. The molecule has 2 aromatic heterocycles. The molecule has 0 spiro atoms. The Labute approximate surface area is 197 Å². The van der Waals surface area contributed by atoms with E-state index in [1.807, 2.05) is 41.7 Å². The molecule has 0 saturated heterocycles. The van der Waals surface area contributed by atoms with Crippen molar-refractivity contribution in [1.29, 1.82) is 0 Å². The molecule has 0 unspecified atom stereocenters. The van der Waals surface area contributed by atoms with Crippen molar-refractivity contribution in [3.8, 4) is 28.1 Å². The highest BCUT2D eigenvalue weighted by atomic mass is 16.3. The van der Waals surface area contributed by atoms with Gasteiger partial charge < -0.3 is 10.0 Å². The zero-order valence-corrected chi connectivity index (χ0v) is 20.0. The summed E-state index contributed by atoms with van der Waals surface area (Å²) in [6.07, 6.45) is 9.20. The van der Waals surface area contributed by atoms with E-state index in [1.54, 1.807) is 24.4 Å². The third kappa shape index (κ3) is 5.15. The second-order valence-electron chi connectivity index (χ2n) is 9.93. The lowest BCUT2D eigenvalue weighted by molar-refractivity contribution is 0.477. The van der Waals surface area contributed by atoms with Gasteiger partial charge in [-0.05, 0) is 47.9 Å². The Kier molecular flexibility index (Phi) is 6.63. The molecular formula is C23H30B3N5O2. The predicted molar refractivity (Wildman–Crippen MR) is 140 cm³/mol. The van der Waals surface area contributed by atoms with Gasteiger partial charge in [0.2, 0.25) is 0 Å². The number of anilines is 1. The van der Waals surface area contributed by atoms with Gasteiger partial charge in [0.1, 0.15) is 29.3 Å². The molecule has 0 atom stereocenters. The number of benzene rings is 1. The van der Waals surface area contributed by atoms with Crippen LogP contribution in [0.3, 0.4) is 0 Å². The lowest BCUT2D eigenvalue weighted by atomic mass is 9.49. The zero-order valence-electron chi connectivity index (χ0n) is 20.0. The van der Waals surface area contributed by atoms with Crippen LogP contribution in [0, 0.1) is 0 Å². The van der Waals surface area contributed by atoms with Gasteiger partial charge in [0.25, 0.3) is 5.56 Å². The highest BCUT2D eigenvalue weighted by Gasteiger charge is 2.19. The van der Waals surface area contributed by atoms with E-state index in [9.17, 15) is 9.90 Å². The van der Waals surface area contributed by atoms with Crippen molar-refractivity contribution in [3.63, 3.8) is 0 Å². The van der Waals surface area contributed by atoms with Crippen molar-refractivity contribution < 1.29 is 5.11 Å². The fourth-order valence-electron chi connectivity index (χ4n) is 4.49. The smallest absolute Gasteiger partial charge is 0.265 e. The molecule has 0 aliphatic heterocycles. The number of nitrogens with zero attached hydrogens (tertiary/aromatic N) is 5. The minimum atomic E-state index is -0.392. The van der Waals surface area contributed by atoms with Gasteiger partial charge in [-0.25, -0.2) is 4.68 Å². The van der Waals surface area contributed by atoms with E-state index < -0.39 is 5.24 Å². The first kappa shape index (κ1) is 23.1. The normalized spacial score (nSPS) is 15.2. The number of aromatic nitrogens is 4. The molecule has 1 aliphatic rings. The van der Waals surface area contributed by atoms with Gasteiger partial charge >= 0.3 is 0 Å². The number of aromatic hydroxyl groups is 1. The number of hydrogen-bond acceptors (Lipinski definition) is 6. The average Bonchev–Trinajstić information content (AvgIpc) is 3.07. The van der Waals surface area contributed by atoms with Crippen LogP contribution in [0.15, 0.2) is 47.4 Å². The molecule has 0 amide bonds. The number of hydrogen-bond donors (Lipinski definition) is 1. The van der Waals surface area contributed by atoms with Crippen LogP contribution in [-0.2, 0) is 5.24 Å². The van der Waals surface area contributed by atoms with Crippen LogP contribution in [0.4, 0.5) is 5.82 Å². The molecule has 1 aromatic carbocycles. The quantitative estimate of drug-likeness (QED) is 0.464. The molecular weight excluding hydrogens is 411 g/mol. The van der Waals surface area contributed by atoms with Crippen LogP contribution >= 0.6 is 0 Å². The Hall–Kier alpha value is -3.03. The summed E-state index contributed by atoms with van der Waals surface area (Å²) < 4.78 is 1.45. The lowest BCUT2D eigenvalue weighted by Gasteiger charge is -2.27. The van der Waals surface area contributed by atoms with Gasteiger partial charge in [-0.2, -0.15) is 5.10 Å². The number of rotatable bonds is 5. The van der Waals surface area contributed by atoms with Gasteiger partial charge in [-0.1, -0.05) is 31.7 Å². The Morgan fingerprint density at radius 3 is 2.30 bits per heavy atom. The van der Waals surface area contributed by atoms with Crippen LogP contribution in [0.2, 0.25) is 0 Å². The molecule has 4 rings (SSSR count). The molecule has 1 N–H and O–H groups in total. The SMILES string of the molecule is BC(B)(B)n1ncc(-c2ccc(-c3ccc(N(C)C4CCCCCC4)nn3)c(O)c2)cc1=O. The topological polar surface area (TPSA) is 84.1 Å². The maximum Gasteiger partial charge on any atom is 0.265 e. The molecule has 3 aromatic rings. The van der Waals surface area contributed by atoms with Crippen molar-refractivity contribution in [2.75, 3.05) is 11.9 Å². The second kappa shape index (κ2) is 9.45. The standard InChI is InChI=1S/C23H30B3N5O2/c1-30(17-6-4-2-3-5-7-17)21-11-10-19(28-29-21)18-9-8-15(12-20(18)32)16-13-22(33)31(27-14-16)23(24,25)26/h8-14,17,32H,2-7,24-26H2,1H3. The first-order chi connectivity index (χ1) is 15.7. The van der Waals surface area contributed by atoms with E-state index in [2.05, 4.69) is 27.2 Å². The Morgan fingerprint density at radius 1 is 1.00 bits per heavy atom. The van der Waals surface area contributed by atoms with Crippen molar-refractivity contribution >= 4 is 29.4 Å². The fraction of sp³-hybridized carbons (Fsp3) is 0.391. The molecule has 1 saturated carbocycles. The van der Waals surface area contributed by atoms with Gasteiger partial charge in [0.05, 0.1) is 11.9 Å². The van der Waals surface area contributed by atoms with Gasteiger partial charge in [0.15, 0.2) is 5.82 Å². The molecule has 2 heterocycles. The molecule has 168 valence electrons. The van der Waals surface area contributed by atoms with Crippen molar-refractivity contribution in [2.45, 2.75) is 49.8 Å². The molecule has 10 heteroatoms. The van der Waals surface area contributed by atoms with E-state index in [0.717, 1.165) is 11.4 Å². The van der Waals surface area contributed by atoms with E-state index in [0.29, 0.717) is 22.9 Å². The van der Waals surface area contributed by atoms with Crippen molar-refractivity contribution in [3.05, 3.63) is 52.9 Å². The average molecular weight is 441 g/mol. The van der Waals surface area contributed by atoms with Gasteiger partial charge in [-0.15, -0.1) is 10.2 Å². The van der Waals surface area contributed by atoms with Crippen LogP contribution in [0.1, 0.15) is 38.5 Å². The summed E-state index contributed by atoms with van der Waals surface area (Å²) in [5.41, 5.74) is 2.42. The molecule has 0 radical (unpaired) electrons. The van der Waals surface area contributed by atoms with Gasteiger partial charge in [-0.3, -0.25) is 4.79 Å². The summed E-state index contributed by atoms with van der Waals surface area (Å²) in [5.74, 6) is 0.943. The monoisotopic (exact) mass is 441 g/mol. The van der Waals surface area contributed by atoms with Crippen LogP contribution in [0.5, 0.6) is 5.75 Å². The van der Waals surface area contributed by atoms with Crippen LogP contribution in [-0.4, -0.2) is 61.7 Å². The van der Waals surface area contributed by atoms with E-state index >= 15 is 0 Å². The lowest BCUT2D eigenvalue weighted by Crippen LogP contribution is -2.44. The fourth-order valence-corrected chi connectivity index (χ4v) is 4.49. The summed E-state index contributed by atoms with van der Waals surface area (Å²) in [5, 5.41) is 23.4. The van der Waals surface area contributed by atoms with E-state index in [4.69, 9.17) is 0 Å². The summed E-state index contributed by atoms with van der Waals surface area (Å²) >= 11 is 0. The third-order valence-corrected chi connectivity index (χ3v) is 6.43. The van der Waals surface area contributed by atoms with Crippen molar-refractivity contribution in [2.24, 2.45) is 0 Å². The zero-order chi connectivity index (χ0) is 23.6. The summed E-state index contributed by atoms with van der Waals surface area (Å²) in [7, 11) is 7.89. The Bertz CT molecular complexity index is 1170. The maximum absolute atomic E-state index is 12.5. The second-order valence-corrected chi connectivity index (χ2v) is 9.93. The van der Waals surface area contributed by atoms with E-state index in [1.165, 1.54) is 43.2 Å². The maximum atomic E-state index is 12.5. The highest BCUT2D eigenvalue weighted by molar-refractivity contribution is 6.56. The molecule has 1 fully saturated rings. The third-order valence-electron chi connectivity index (χ3n) is 6.43. The summed E-state index contributed by atoms with van der Waals surface area (Å²) in [6, 6.07) is 11.2. The number of phenols is 1. The first-order valence-electron chi connectivity index (χ1n) is 11.7. The minimum Gasteiger partial charge on any atom is -0.507 e. The largest absolute Gasteiger partial charge is 0.507 e. The summed E-state index contributed by atoms with van der Waals surface area (Å²) in [4.78, 5) is 14.7.